The zero-order valence-electron chi connectivity index (χ0n) is 16.4. The molecule has 7 nitrogen and oxygen atoms in total. The number of nitrogens with zero attached hydrogens (tertiary/aromatic N) is 5. The highest BCUT2D eigenvalue weighted by atomic mass is 32.2. The Hall–Kier alpha value is -1.74. The highest BCUT2D eigenvalue weighted by Crippen LogP contribution is 2.41. The first-order chi connectivity index (χ1) is 13.6. The van der Waals surface area contributed by atoms with Gasteiger partial charge in [0.25, 0.3) is 5.91 Å². The Labute approximate surface area is 169 Å². The summed E-state index contributed by atoms with van der Waals surface area (Å²) in [6.07, 6.45) is 0.729. The number of fused-ring (bicyclic) bond motifs is 1. The van der Waals surface area contributed by atoms with E-state index in [9.17, 15) is 9.90 Å². The molecule has 0 spiro atoms. The molecule has 2 atom stereocenters. The van der Waals surface area contributed by atoms with Gasteiger partial charge < -0.3 is 5.11 Å². The molecule has 28 heavy (non-hydrogen) atoms. The van der Waals surface area contributed by atoms with E-state index in [1.165, 1.54) is 22.0 Å². The largest absolute Gasteiger partial charge is 0.395 e. The molecular weight excluding hydrogens is 374 g/mol. The molecule has 1 aromatic carbocycles. The number of aliphatic hydroxyl groups excluding tert-OH is 1. The molecule has 1 aromatic heterocycles. The van der Waals surface area contributed by atoms with Crippen molar-refractivity contribution >= 4 is 17.7 Å². The summed E-state index contributed by atoms with van der Waals surface area (Å²) < 4.78 is 1.50. The van der Waals surface area contributed by atoms with Gasteiger partial charge in [0, 0.05) is 39.1 Å². The maximum atomic E-state index is 13.2. The smallest absolute Gasteiger partial charge is 0.264 e. The normalized spacial score (nSPS) is 21.8. The van der Waals surface area contributed by atoms with Crippen LogP contribution in [-0.4, -0.2) is 80.2 Å². The topological polar surface area (TPSA) is 74.5 Å². The number of β-amino-alcohol motifs (C(OH)–C–C–N with tert-alkyl or cyclic N) is 1. The standard InChI is InChI=1S/C20H27N5O2S/c1-3-16-21-20-25(22-16)19(27)18(28-20)17(15-6-4-14(2)5-7-15)24-10-8-23(9-11-24)12-13-26/h4-7,17-18,26H,3,8-13H2,1-2H3. The minimum atomic E-state index is -0.243. The lowest BCUT2D eigenvalue weighted by Crippen LogP contribution is -2.50. The van der Waals surface area contributed by atoms with Crippen LogP contribution in [0.15, 0.2) is 29.4 Å². The molecule has 0 bridgehead atoms. The molecule has 2 aliphatic rings. The summed E-state index contributed by atoms with van der Waals surface area (Å²) in [7, 11) is 0. The fraction of sp³-hybridized carbons (Fsp3) is 0.550. The highest BCUT2D eigenvalue weighted by molar-refractivity contribution is 8.00. The molecule has 8 heteroatoms. The van der Waals surface area contributed by atoms with Crippen molar-refractivity contribution in [1.82, 2.24) is 24.6 Å². The summed E-state index contributed by atoms with van der Waals surface area (Å²) in [5.74, 6) is 0.745. The predicted octanol–water partition coefficient (Wildman–Crippen LogP) is 1.61. The van der Waals surface area contributed by atoms with Crippen LogP contribution >= 0.6 is 11.8 Å². The van der Waals surface area contributed by atoms with Crippen LogP contribution in [0.25, 0.3) is 0 Å². The van der Waals surface area contributed by atoms with E-state index in [1.807, 2.05) is 6.92 Å². The zero-order valence-corrected chi connectivity index (χ0v) is 17.2. The van der Waals surface area contributed by atoms with Crippen molar-refractivity contribution < 1.29 is 9.90 Å². The van der Waals surface area contributed by atoms with Crippen LogP contribution < -0.4 is 0 Å². The van der Waals surface area contributed by atoms with Crippen molar-refractivity contribution in [2.75, 3.05) is 39.3 Å². The molecule has 1 saturated heterocycles. The van der Waals surface area contributed by atoms with Crippen molar-refractivity contribution in [1.29, 1.82) is 0 Å². The van der Waals surface area contributed by atoms with Gasteiger partial charge in [-0.2, -0.15) is 4.68 Å². The molecule has 0 amide bonds. The van der Waals surface area contributed by atoms with Gasteiger partial charge in [-0.15, -0.1) is 5.10 Å². The Morgan fingerprint density at radius 3 is 2.54 bits per heavy atom. The molecule has 0 aliphatic carbocycles. The van der Waals surface area contributed by atoms with E-state index in [0.717, 1.165) is 44.0 Å². The van der Waals surface area contributed by atoms with Gasteiger partial charge in [-0.05, 0) is 12.5 Å². The molecule has 3 heterocycles. The lowest BCUT2D eigenvalue weighted by atomic mass is 9.99. The summed E-state index contributed by atoms with van der Waals surface area (Å²) in [6.45, 7) is 8.52. The average Bonchev–Trinajstić information content (AvgIpc) is 3.24. The maximum Gasteiger partial charge on any atom is 0.264 e. The average molecular weight is 402 g/mol. The number of hydrogen-bond acceptors (Lipinski definition) is 7. The number of aliphatic hydroxyl groups is 1. The fourth-order valence-corrected chi connectivity index (χ4v) is 5.21. The van der Waals surface area contributed by atoms with Crippen molar-refractivity contribution in [2.45, 2.75) is 36.7 Å². The predicted molar refractivity (Wildman–Crippen MR) is 109 cm³/mol. The van der Waals surface area contributed by atoms with Gasteiger partial charge in [0.05, 0.1) is 12.6 Å². The van der Waals surface area contributed by atoms with Gasteiger partial charge in [0.15, 0.2) is 11.0 Å². The van der Waals surface area contributed by atoms with E-state index in [1.54, 1.807) is 0 Å². The van der Waals surface area contributed by atoms with Gasteiger partial charge in [0.2, 0.25) is 0 Å². The lowest BCUT2D eigenvalue weighted by Gasteiger charge is -2.40. The number of rotatable bonds is 6. The Balaban J connectivity index is 1.60. The minimum absolute atomic E-state index is 0.0112. The van der Waals surface area contributed by atoms with E-state index < -0.39 is 0 Å². The van der Waals surface area contributed by atoms with Crippen molar-refractivity contribution in [3.8, 4) is 0 Å². The lowest BCUT2D eigenvalue weighted by molar-refractivity contribution is 0.0688. The van der Waals surface area contributed by atoms with E-state index in [-0.39, 0.29) is 23.8 Å². The first-order valence-corrected chi connectivity index (χ1v) is 10.8. The number of hydrogen-bond donors (Lipinski definition) is 1. The summed E-state index contributed by atoms with van der Waals surface area (Å²) in [4.78, 5) is 22.4. The summed E-state index contributed by atoms with van der Waals surface area (Å²) in [5, 5.41) is 14.1. The molecule has 4 rings (SSSR count). The van der Waals surface area contributed by atoms with Crippen LogP contribution in [0, 0.1) is 6.92 Å². The Bertz CT molecular complexity index is 830. The third-order valence-electron chi connectivity index (χ3n) is 5.54. The third kappa shape index (κ3) is 3.74. The molecule has 150 valence electrons. The molecular formula is C20H27N5O2S. The molecule has 2 unspecified atom stereocenters. The number of carbonyl (C=O) groups excluding carboxylic acids is 1. The number of benzene rings is 1. The monoisotopic (exact) mass is 401 g/mol. The third-order valence-corrected chi connectivity index (χ3v) is 6.73. The number of piperazine rings is 1. The summed E-state index contributed by atoms with van der Waals surface area (Å²) in [5.41, 5.74) is 2.37. The SMILES string of the molecule is CCc1nc2n(n1)C(=O)C(C(c1ccc(C)cc1)N1CCN(CCO)CC1)S2. The van der Waals surface area contributed by atoms with Crippen LogP contribution in [0.2, 0.25) is 0 Å². The van der Waals surface area contributed by atoms with E-state index in [0.29, 0.717) is 11.7 Å². The van der Waals surface area contributed by atoms with Crippen molar-refractivity contribution in [3.05, 3.63) is 41.2 Å². The molecule has 2 aromatic rings. The number of thioether (sulfide) groups is 1. The van der Waals surface area contributed by atoms with Crippen molar-refractivity contribution in [2.24, 2.45) is 0 Å². The van der Waals surface area contributed by atoms with Crippen LogP contribution in [0.3, 0.4) is 0 Å². The molecule has 0 radical (unpaired) electrons. The van der Waals surface area contributed by atoms with Crippen LogP contribution in [0.1, 0.15) is 34.7 Å². The van der Waals surface area contributed by atoms with Gasteiger partial charge in [-0.3, -0.25) is 14.6 Å². The zero-order chi connectivity index (χ0) is 19.7. The summed E-state index contributed by atoms with van der Waals surface area (Å²) in [6, 6.07) is 8.49. The van der Waals surface area contributed by atoms with Gasteiger partial charge in [0.1, 0.15) is 5.25 Å². The van der Waals surface area contributed by atoms with Crippen LogP contribution in [0.5, 0.6) is 0 Å². The van der Waals surface area contributed by atoms with Crippen LogP contribution in [0.4, 0.5) is 0 Å². The highest BCUT2D eigenvalue weighted by Gasteiger charge is 2.43. The Kier molecular flexibility index (Phi) is 5.82. The molecule has 1 N–H and O–H groups in total. The second-order valence-corrected chi connectivity index (χ2v) is 8.52. The van der Waals surface area contributed by atoms with Gasteiger partial charge in [-0.1, -0.05) is 48.5 Å². The summed E-state index contributed by atoms with van der Waals surface area (Å²) >= 11 is 1.54. The van der Waals surface area contributed by atoms with Crippen LogP contribution in [-0.2, 0) is 6.42 Å². The second-order valence-electron chi connectivity index (χ2n) is 7.41. The second kappa shape index (κ2) is 8.32. The molecule has 0 saturated carbocycles. The quantitative estimate of drug-likeness (QED) is 0.788. The number of aromatic nitrogens is 3. The number of carbonyl (C=O) groups is 1. The molecule has 2 aliphatic heterocycles. The first-order valence-electron chi connectivity index (χ1n) is 9.91. The van der Waals surface area contributed by atoms with Gasteiger partial charge in [-0.25, -0.2) is 4.98 Å². The Morgan fingerprint density at radius 2 is 1.93 bits per heavy atom. The minimum Gasteiger partial charge on any atom is -0.395 e. The van der Waals surface area contributed by atoms with E-state index in [2.05, 4.69) is 51.1 Å². The Morgan fingerprint density at radius 1 is 1.21 bits per heavy atom. The maximum absolute atomic E-state index is 13.2. The number of aryl methyl sites for hydroxylation is 2. The fourth-order valence-electron chi connectivity index (χ4n) is 3.94. The molecule has 1 fully saturated rings. The first kappa shape index (κ1) is 19.6. The van der Waals surface area contributed by atoms with Gasteiger partial charge >= 0.3 is 0 Å². The van der Waals surface area contributed by atoms with E-state index in [4.69, 9.17) is 0 Å². The van der Waals surface area contributed by atoms with Crippen molar-refractivity contribution in [3.63, 3.8) is 0 Å². The van der Waals surface area contributed by atoms with E-state index >= 15 is 0 Å².